The monoisotopic (exact) mass is 283 g/mol. The van der Waals surface area contributed by atoms with Gasteiger partial charge >= 0.3 is 7.12 Å². The normalized spacial score (nSPS) is 20.8. The minimum Gasteiger partial charge on any atom is -0.423 e. The van der Waals surface area contributed by atoms with E-state index in [0.717, 1.165) is 24.0 Å². The molecule has 16 heavy (non-hydrogen) atoms. The van der Waals surface area contributed by atoms with Gasteiger partial charge in [0.1, 0.15) is 0 Å². The van der Waals surface area contributed by atoms with E-state index in [-0.39, 0.29) is 0 Å². The van der Waals surface area contributed by atoms with Gasteiger partial charge in [0.15, 0.2) is 0 Å². The van der Waals surface area contributed by atoms with E-state index in [1.807, 2.05) is 6.07 Å². The van der Waals surface area contributed by atoms with Gasteiger partial charge in [-0.25, -0.2) is 0 Å². The lowest BCUT2D eigenvalue weighted by molar-refractivity contribution is 0.425. The first-order chi connectivity index (χ1) is 7.66. The molecule has 0 aromatic heterocycles. The van der Waals surface area contributed by atoms with Crippen molar-refractivity contribution in [2.75, 3.05) is 13.1 Å². The molecule has 3 nitrogen and oxygen atoms in total. The second-order valence-corrected chi connectivity index (χ2v) is 5.15. The fraction of sp³-hybridized carbons (Fsp3) is 0.455. The molecule has 1 atom stereocenters. The average Bonchev–Trinajstić information content (AvgIpc) is 2.29. The zero-order valence-corrected chi connectivity index (χ0v) is 10.6. The van der Waals surface area contributed by atoms with Gasteiger partial charge in [0.2, 0.25) is 0 Å². The van der Waals surface area contributed by atoms with Crippen molar-refractivity contribution in [1.29, 1.82) is 0 Å². The summed E-state index contributed by atoms with van der Waals surface area (Å²) in [5.74, 6) is 0.476. The smallest absolute Gasteiger partial charge is 0.423 e. The molecule has 1 unspecified atom stereocenters. The number of hydrogen-bond donors (Lipinski definition) is 3. The van der Waals surface area contributed by atoms with E-state index >= 15 is 0 Å². The van der Waals surface area contributed by atoms with E-state index in [1.54, 1.807) is 6.07 Å². The lowest BCUT2D eigenvalue weighted by Crippen LogP contribution is -2.32. The molecule has 1 fully saturated rings. The van der Waals surface area contributed by atoms with Gasteiger partial charge in [0.05, 0.1) is 0 Å². The summed E-state index contributed by atoms with van der Waals surface area (Å²) in [6.45, 7) is 2.05. The molecule has 0 bridgehead atoms. The number of nitrogens with one attached hydrogen (secondary N) is 1. The van der Waals surface area contributed by atoms with Crippen LogP contribution < -0.4 is 10.8 Å². The quantitative estimate of drug-likeness (QED) is 0.697. The van der Waals surface area contributed by atoms with Crippen LogP contribution in [-0.4, -0.2) is 30.3 Å². The standard InChI is InChI=1S/C11H15BBrNO2/c13-11-5-9(4-10(6-11)12(15)16)8-2-1-3-14-7-8/h4-6,8,14-16H,1-3,7H2. The molecule has 2 rings (SSSR count). The van der Waals surface area contributed by atoms with Gasteiger partial charge in [-0.2, -0.15) is 0 Å². The number of hydrogen-bond acceptors (Lipinski definition) is 3. The third-order valence-electron chi connectivity index (χ3n) is 3.01. The fourth-order valence-corrected chi connectivity index (χ4v) is 2.69. The van der Waals surface area contributed by atoms with Gasteiger partial charge in [0, 0.05) is 11.0 Å². The van der Waals surface area contributed by atoms with Crippen LogP contribution in [0.2, 0.25) is 0 Å². The van der Waals surface area contributed by atoms with Crippen molar-refractivity contribution in [3.63, 3.8) is 0 Å². The van der Waals surface area contributed by atoms with Crippen molar-refractivity contribution in [2.24, 2.45) is 0 Å². The van der Waals surface area contributed by atoms with Crippen LogP contribution in [0.3, 0.4) is 0 Å². The maximum atomic E-state index is 9.19. The fourth-order valence-electron chi connectivity index (χ4n) is 2.16. The molecule has 1 heterocycles. The molecule has 1 aromatic carbocycles. The van der Waals surface area contributed by atoms with Gasteiger partial charge in [-0.05, 0) is 48.5 Å². The Morgan fingerprint density at radius 2 is 2.12 bits per heavy atom. The molecule has 0 radical (unpaired) electrons. The summed E-state index contributed by atoms with van der Waals surface area (Å²) in [5.41, 5.74) is 1.72. The SMILES string of the molecule is OB(O)c1cc(Br)cc(C2CCCNC2)c1. The molecule has 1 aliphatic rings. The molecule has 1 saturated heterocycles. The van der Waals surface area contributed by atoms with E-state index in [9.17, 15) is 10.0 Å². The molecule has 0 amide bonds. The Morgan fingerprint density at radius 1 is 1.31 bits per heavy atom. The third kappa shape index (κ3) is 2.85. The molecule has 1 aromatic rings. The van der Waals surface area contributed by atoms with E-state index < -0.39 is 7.12 Å². The van der Waals surface area contributed by atoms with Crippen molar-refractivity contribution >= 4 is 28.5 Å². The molecule has 86 valence electrons. The highest BCUT2D eigenvalue weighted by molar-refractivity contribution is 9.10. The average molecular weight is 284 g/mol. The molecule has 0 spiro atoms. The second kappa shape index (κ2) is 5.32. The molecule has 1 aliphatic heterocycles. The zero-order valence-electron chi connectivity index (χ0n) is 8.99. The minimum absolute atomic E-state index is 0.476. The summed E-state index contributed by atoms with van der Waals surface area (Å²) in [7, 11) is -1.40. The van der Waals surface area contributed by atoms with Crippen molar-refractivity contribution in [2.45, 2.75) is 18.8 Å². The van der Waals surface area contributed by atoms with E-state index in [1.165, 1.54) is 12.0 Å². The van der Waals surface area contributed by atoms with Crippen LogP contribution in [0, 0.1) is 0 Å². The van der Waals surface area contributed by atoms with E-state index in [0.29, 0.717) is 11.4 Å². The Balaban J connectivity index is 2.25. The Morgan fingerprint density at radius 3 is 2.75 bits per heavy atom. The number of benzene rings is 1. The molecular weight excluding hydrogens is 269 g/mol. The van der Waals surface area contributed by atoms with Gasteiger partial charge in [-0.3, -0.25) is 0 Å². The van der Waals surface area contributed by atoms with Gasteiger partial charge in [-0.15, -0.1) is 0 Å². The highest BCUT2D eigenvalue weighted by Gasteiger charge is 2.18. The Bertz CT molecular complexity index is 367. The van der Waals surface area contributed by atoms with Crippen LogP contribution in [-0.2, 0) is 0 Å². The molecule has 0 aliphatic carbocycles. The van der Waals surface area contributed by atoms with Crippen LogP contribution in [0.15, 0.2) is 22.7 Å². The topological polar surface area (TPSA) is 52.5 Å². The summed E-state index contributed by atoms with van der Waals surface area (Å²) < 4.78 is 0.902. The predicted molar refractivity (Wildman–Crippen MR) is 68.8 cm³/mol. The Labute approximate surface area is 104 Å². The predicted octanol–water partition coefficient (Wildman–Crippen LogP) is 0.596. The minimum atomic E-state index is -1.40. The lowest BCUT2D eigenvalue weighted by Gasteiger charge is -2.23. The van der Waals surface area contributed by atoms with Crippen molar-refractivity contribution in [3.8, 4) is 0 Å². The van der Waals surface area contributed by atoms with E-state index in [4.69, 9.17) is 0 Å². The molecule has 0 saturated carbocycles. The third-order valence-corrected chi connectivity index (χ3v) is 3.47. The summed E-state index contributed by atoms with van der Waals surface area (Å²) in [5, 5.41) is 21.7. The Kier molecular flexibility index (Phi) is 4.02. The maximum absolute atomic E-state index is 9.19. The van der Waals surface area contributed by atoms with Gasteiger partial charge in [0.25, 0.3) is 0 Å². The zero-order chi connectivity index (χ0) is 11.5. The van der Waals surface area contributed by atoms with Gasteiger partial charge < -0.3 is 15.4 Å². The number of rotatable bonds is 2. The first-order valence-corrected chi connectivity index (χ1v) is 6.33. The maximum Gasteiger partial charge on any atom is 0.488 e. The highest BCUT2D eigenvalue weighted by Crippen LogP contribution is 2.24. The lowest BCUT2D eigenvalue weighted by atomic mass is 9.78. The first-order valence-electron chi connectivity index (χ1n) is 5.54. The molecule has 3 N–H and O–H groups in total. The van der Waals surface area contributed by atoms with E-state index in [2.05, 4.69) is 27.3 Å². The highest BCUT2D eigenvalue weighted by atomic mass is 79.9. The van der Waals surface area contributed by atoms with Crippen LogP contribution in [0.4, 0.5) is 0 Å². The summed E-state index contributed by atoms with van der Waals surface area (Å²) in [4.78, 5) is 0. The van der Waals surface area contributed by atoms with Crippen LogP contribution >= 0.6 is 15.9 Å². The molecule has 5 heteroatoms. The number of piperidine rings is 1. The largest absolute Gasteiger partial charge is 0.488 e. The van der Waals surface area contributed by atoms with Crippen molar-refractivity contribution in [1.82, 2.24) is 5.32 Å². The van der Waals surface area contributed by atoms with Crippen molar-refractivity contribution < 1.29 is 10.0 Å². The summed E-state index contributed by atoms with van der Waals surface area (Å²) in [6, 6.07) is 5.68. The van der Waals surface area contributed by atoms with Crippen molar-refractivity contribution in [3.05, 3.63) is 28.2 Å². The number of halogens is 1. The first kappa shape index (κ1) is 12.1. The van der Waals surface area contributed by atoms with Crippen LogP contribution in [0.25, 0.3) is 0 Å². The summed E-state index contributed by atoms with van der Waals surface area (Å²) >= 11 is 3.41. The molecular formula is C11H15BBrNO2. The second-order valence-electron chi connectivity index (χ2n) is 4.23. The van der Waals surface area contributed by atoms with Crippen LogP contribution in [0.5, 0.6) is 0 Å². The van der Waals surface area contributed by atoms with Gasteiger partial charge in [-0.1, -0.05) is 22.0 Å². The summed E-state index contributed by atoms with van der Waals surface area (Å²) in [6.07, 6.45) is 2.33. The van der Waals surface area contributed by atoms with Crippen LogP contribution in [0.1, 0.15) is 24.3 Å². The Hall–Kier alpha value is -0.355.